The maximum absolute atomic E-state index is 11.9. The van der Waals surface area contributed by atoms with E-state index in [0.717, 1.165) is 5.56 Å². The van der Waals surface area contributed by atoms with Crippen molar-refractivity contribution in [2.24, 2.45) is 0 Å². The van der Waals surface area contributed by atoms with Crippen LogP contribution in [0.15, 0.2) is 24.3 Å². The number of rotatable bonds is 14. The number of carbonyl (C=O) groups is 3. The van der Waals surface area contributed by atoms with Gasteiger partial charge in [-0.1, -0.05) is 29.8 Å². The lowest BCUT2D eigenvalue weighted by atomic mass is 10.1. The van der Waals surface area contributed by atoms with E-state index in [2.05, 4.69) is 16.0 Å². The Balaban J connectivity index is 2.33. The Morgan fingerprint density at radius 1 is 0.867 bits per heavy atom. The fourth-order valence-corrected chi connectivity index (χ4v) is 2.73. The lowest BCUT2D eigenvalue weighted by Crippen LogP contribution is -2.51. The molecule has 0 aromatic heterocycles. The number of carboxylic acid groups (broad SMARTS) is 2. The average Bonchev–Trinajstić information content (AvgIpc) is 2.67. The van der Waals surface area contributed by atoms with Gasteiger partial charge in [-0.05, 0) is 44.7 Å². The van der Waals surface area contributed by atoms with Gasteiger partial charge in [0.1, 0.15) is 12.1 Å². The van der Waals surface area contributed by atoms with Crippen LogP contribution in [-0.4, -0.2) is 63.3 Å². The van der Waals surface area contributed by atoms with Crippen molar-refractivity contribution in [1.29, 1.82) is 0 Å². The minimum atomic E-state index is -1.69. The summed E-state index contributed by atoms with van der Waals surface area (Å²) in [7, 11) is 0. The number of aliphatic hydroxyl groups excluding tert-OH is 1. The standard InChI is InChI=1S/C20H31N3O7/c1-13-5-7-14(8-6-13)12-21-11-3-2-4-15(18(26)27)22-20(30)23-16(19(28)29)9-10-17(24)25/h5-8,15-17,21,24-25H,2-4,9-12H2,1H3,(H,26,27)(H,28,29)(H2,22,23,30). The average molecular weight is 425 g/mol. The summed E-state index contributed by atoms with van der Waals surface area (Å²) in [5, 5.41) is 43.7. The molecular weight excluding hydrogens is 394 g/mol. The topological polar surface area (TPSA) is 168 Å². The second kappa shape index (κ2) is 13.5. The van der Waals surface area contributed by atoms with E-state index >= 15 is 0 Å². The summed E-state index contributed by atoms with van der Waals surface area (Å²) >= 11 is 0. The lowest BCUT2D eigenvalue weighted by molar-refractivity contribution is -0.140. The Morgan fingerprint density at radius 2 is 1.43 bits per heavy atom. The smallest absolute Gasteiger partial charge is 0.326 e. The van der Waals surface area contributed by atoms with Crippen LogP contribution in [0.1, 0.15) is 43.2 Å². The number of hydrogen-bond acceptors (Lipinski definition) is 6. The van der Waals surface area contributed by atoms with Gasteiger partial charge in [0.25, 0.3) is 0 Å². The molecule has 0 aliphatic carbocycles. The van der Waals surface area contributed by atoms with Crippen LogP contribution in [-0.2, 0) is 16.1 Å². The molecule has 0 heterocycles. The number of hydrogen-bond donors (Lipinski definition) is 7. The van der Waals surface area contributed by atoms with Crippen molar-refractivity contribution in [2.75, 3.05) is 6.54 Å². The summed E-state index contributed by atoms with van der Waals surface area (Å²) in [5.41, 5.74) is 2.35. The van der Waals surface area contributed by atoms with Gasteiger partial charge in [-0.15, -0.1) is 0 Å². The van der Waals surface area contributed by atoms with E-state index in [-0.39, 0.29) is 19.3 Å². The first-order valence-electron chi connectivity index (χ1n) is 9.84. The molecule has 0 saturated heterocycles. The molecule has 2 amide bonds. The molecule has 7 N–H and O–H groups in total. The first-order chi connectivity index (χ1) is 14.2. The van der Waals surface area contributed by atoms with Crippen LogP contribution in [0.3, 0.4) is 0 Å². The number of amides is 2. The van der Waals surface area contributed by atoms with Crippen LogP contribution >= 0.6 is 0 Å². The predicted octanol–water partition coefficient (Wildman–Crippen LogP) is 0.551. The zero-order valence-electron chi connectivity index (χ0n) is 17.0. The molecule has 0 bridgehead atoms. The molecular formula is C20H31N3O7. The number of urea groups is 1. The number of carbonyl (C=O) groups excluding carboxylic acids is 1. The molecule has 1 aromatic carbocycles. The van der Waals surface area contributed by atoms with E-state index < -0.39 is 36.3 Å². The predicted molar refractivity (Wildman–Crippen MR) is 109 cm³/mol. The Hall–Kier alpha value is -2.69. The van der Waals surface area contributed by atoms with Gasteiger partial charge in [0.15, 0.2) is 6.29 Å². The van der Waals surface area contributed by atoms with Crippen molar-refractivity contribution < 1.29 is 34.8 Å². The van der Waals surface area contributed by atoms with E-state index in [1.165, 1.54) is 5.56 Å². The zero-order valence-corrected chi connectivity index (χ0v) is 17.0. The normalized spacial score (nSPS) is 12.9. The lowest BCUT2D eigenvalue weighted by Gasteiger charge is -2.19. The zero-order chi connectivity index (χ0) is 22.5. The molecule has 30 heavy (non-hydrogen) atoms. The summed E-state index contributed by atoms with van der Waals surface area (Å²) in [4.78, 5) is 34.4. The first-order valence-corrected chi connectivity index (χ1v) is 9.84. The molecule has 2 atom stereocenters. The number of unbranched alkanes of at least 4 members (excludes halogenated alkanes) is 1. The van der Waals surface area contributed by atoms with Gasteiger partial charge in [0, 0.05) is 13.0 Å². The highest BCUT2D eigenvalue weighted by atomic mass is 16.5. The highest BCUT2D eigenvalue weighted by Gasteiger charge is 2.24. The van der Waals surface area contributed by atoms with Crippen molar-refractivity contribution in [1.82, 2.24) is 16.0 Å². The highest BCUT2D eigenvalue weighted by molar-refractivity contribution is 5.86. The Kier molecular flexibility index (Phi) is 11.4. The molecule has 0 radical (unpaired) electrons. The summed E-state index contributed by atoms with van der Waals surface area (Å²) in [6, 6.07) is 4.71. The van der Waals surface area contributed by atoms with Gasteiger partial charge >= 0.3 is 18.0 Å². The largest absolute Gasteiger partial charge is 0.480 e. The molecule has 0 saturated carbocycles. The van der Waals surface area contributed by atoms with Gasteiger partial charge in [-0.3, -0.25) is 0 Å². The van der Waals surface area contributed by atoms with Gasteiger partial charge in [0.05, 0.1) is 0 Å². The number of aliphatic carboxylic acids is 2. The van der Waals surface area contributed by atoms with Gasteiger partial charge in [-0.2, -0.15) is 0 Å². The van der Waals surface area contributed by atoms with Crippen LogP contribution in [0.4, 0.5) is 4.79 Å². The summed E-state index contributed by atoms with van der Waals surface area (Å²) < 4.78 is 0. The molecule has 10 nitrogen and oxygen atoms in total. The Labute approximate surface area is 175 Å². The fraction of sp³-hybridized carbons (Fsp3) is 0.550. The number of aliphatic hydroxyl groups is 2. The minimum absolute atomic E-state index is 0.196. The molecule has 168 valence electrons. The SMILES string of the molecule is Cc1ccc(CNCCCCC(NC(=O)NC(CCC(O)O)C(=O)O)C(=O)O)cc1. The second-order valence-electron chi connectivity index (χ2n) is 7.12. The van der Waals surface area contributed by atoms with E-state index in [9.17, 15) is 19.5 Å². The van der Waals surface area contributed by atoms with Crippen molar-refractivity contribution >= 4 is 18.0 Å². The highest BCUT2D eigenvalue weighted by Crippen LogP contribution is 2.05. The minimum Gasteiger partial charge on any atom is -0.480 e. The number of aryl methyl sites for hydroxylation is 1. The number of nitrogens with one attached hydrogen (secondary N) is 3. The van der Waals surface area contributed by atoms with Crippen LogP contribution in [0.25, 0.3) is 0 Å². The van der Waals surface area contributed by atoms with Gasteiger partial charge in [-0.25, -0.2) is 14.4 Å². The molecule has 10 heteroatoms. The van der Waals surface area contributed by atoms with E-state index in [4.69, 9.17) is 15.3 Å². The first kappa shape index (κ1) is 25.3. The van der Waals surface area contributed by atoms with Crippen LogP contribution in [0.2, 0.25) is 0 Å². The number of carboxylic acids is 2. The maximum atomic E-state index is 11.9. The summed E-state index contributed by atoms with van der Waals surface area (Å²) in [6.07, 6.45) is -0.673. The third-order valence-corrected chi connectivity index (χ3v) is 4.47. The molecule has 1 rings (SSSR count). The van der Waals surface area contributed by atoms with E-state index in [0.29, 0.717) is 25.9 Å². The Bertz CT molecular complexity index is 679. The molecule has 2 unspecified atom stereocenters. The van der Waals surface area contributed by atoms with E-state index in [1.54, 1.807) is 0 Å². The third kappa shape index (κ3) is 10.7. The monoisotopic (exact) mass is 425 g/mol. The quantitative estimate of drug-likeness (QED) is 0.167. The summed E-state index contributed by atoms with van der Waals surface area (Å²) in [6.45, 7) is 3.42. The van der Waals surface area contributed by atoms with Gasteiger partial charge in [0.2, 0.25) is 0 Å². The molecule has 0 spiro atoms. The van der Waals surface area contributed by atoms with Gasteiger partial charge < -0.3 is 36.4 Å². The van der Waals surface area contributed by atoms with Crippen molar-refractivity contribution in [2.45, 2.75) is 63.9 Å². The van der Waals surface area contributed by atoms with Crippen LogP contribution in [0, 0.1) is 6.92 Å². The van der Waals surface area contributed by atoms with Crippen molar-refractivity contribution in [3.8, 4) is 0 Å². The molecule has 0 fully saturated rings. The molecule has 0 aliphatic heterocycles. The number of benzene rings is 1. The van der Waals surface area contributed by atoms with Crippen LogP contribution < -0.4 is 16.0 Å². The van der Waals surface area contributed by atoms with E-state index in [1.807, 2.05) is 31.2 Å². The molecule has 1 aromatic rings. The maximum Gasteiger partial charge on any atom is 0.326 e. The molecule has 0 aliphatic rings. The second-order valence-corrected chi connectivity index (χ2v) is 7.12. The van der Waals surface area contributed by atoms with Crippen molar-refractivity contribution in [3.05, 3.63) is 35.4 Å². The van der Waals surface area contributed by atoms with Crippen molar-refractivity contribution in [3.63, 3.8) is 0 Å². The van der Waals surface area contributed by atoms with Crippen LogP contribution in [0.5, 0.6) is 0 Å². The third-order valence-electron chi connectivity index (χ3n) is 4.47. The summed E-state index contributed by atoms with van der Waals surface area (Å²) in [5.74, 6) is -2.56. The fourth-order valence-electron chi connectivity index (χ4n) is 2.73. The Morgan fingerprint density at radius 3 is 1.97 bits per heavy atom.